The highest BCUT2D eigenvalue weighted by molar-refractivity contribution is 6.63. The second kappa shape index (κ2) is 30.2. The van der Waals surface area contributed by atoms with Crippen LogP contribution < -0.4 is 5.32 Å². The number of nitrogens with zero attached hydrogens (tertiary/aromatic N) is 6. The van der Waals surface area contributed by atoms with E-state index in [-0.39, 0.29) is 54.5 Å². The monoisotopic (exact) mass is 1220 g/mol. The van der Waals surface area contributed by atoms with Crippen molar-refractivity contribution in [2.75, 3.05) is 60.6 Å². The van der Waals surface area contributed by atoms with Crippen LogP contribution in [0.2, 0.25) is 15.1 Å². The molecule has 1 aromatic heterocycles. The quantitative estimate of drug-likeness (QED) is 0.0316. The lowest BCUT2D eigenvalue weighted by Gasteiger charge is -2.50. The molecule has 3 aliphatic heterocycles. The summed E-state index contributed by atoms with van der Waals surface area (Å²) in [5, 5.41) is 5.44. The van der Waals surface area contributed by atoms with Gasteiger partial charge in [0.25, 0.3) is 0 Å². The van der Waals surface area contributed by atoms with Crippen LogP contribution in [0.15, 0.2) is 109 Å². The third-order valence-corrected chi connectivity index (χ3v) is 16.4. The molecule has 4 aromatic carbocycles. The van der Waals surface area contributed by atoms with Crippen molar-refractivity contribution >= 4 is 104 Å². The fourth-order valence-corrected chi connectivity index (χ4v) is 10.6. The number of fused-ring (bicyclic) bond motifs is 1. The van der Waals surface area contributed by atoms with Crippen LogP contribution in [0.25, 0.3) is 10.9 Å². The Bertz CT molecular complexity index is 3070. The number of hydrogen-bond donors (Lipinski definition) is 1. The average molecular weight is 1220 g/mol. The number of carbonyl (C=O) groups is 8. The highest BCUT2D eigenvalue weighted by Crippen LogP contribution is 2.36. The van der Waals surface area contributed by atoms with Gasteiger partial charge >= 0.3 is 29.3 Å². The van der Waals surface area contributed by atoms with E-state index in [1.807, 2.05) is 92.7 Å². The van der Waals surface area contributed by atoms with Crippen molar-refractivity contribution < 1.29 is 52.6 Å². The number of likely N-dealkylation sites (tertiary alicyclic amines) is 2. The Labute approximate surface area is 505 Å². The van der Waals surface area contributed by atoms with Gasteiger partial charge in [-0.25, -0.2) is 4.79 Å². The number of rotatable bonds is 21. The van der Waals surface area contributed by atoms with E-state index in [1.54, 1.807) is 61.6 Å². The number of nitrogens with one attached hydrogen (secondary N) is 1. The maximum atomic E-state index is 13.8. The first-order chi connectivity index (χ1) is 39.5. The third kappa shape index (κ3) is 17.2. The molecule has 3 unspecified atom stereocenters. The third-order valence-electron chi connectivity index (χ3n) is 15.4. The second-order valence-corrected chi connectivity index (χ2v) is 22.9. The maximum Gasteiger partial charge on any atom is 0.329 e. The first-order valence-corrected chi connectivity index (χ1v) is 29.0. The fourth-order valence-electron chi connectivity index (χ4n) is 9.98. The molecule has 0 aliphatic carbocycles. The zero-order chi connectivity index (χ0) is 60.5. The first-order valence-electron chi connectivity index (χ1n) is 27.5. The molecule has 446 valence electrons. The van der Waals surface area contributed by atoms with Gasteiger partial charge in [-0.05, 0) is 143 Å². The van der Waals surface area contributed by atoms with Gasteiger partial charge in [0.2, 0.25) is 17.7 Å². The largest absolute Gasteiger partial charge is 0.469 e. The fraction of sp³-hybridized carbons (Fsp3) is 0.443. The van der Waals surface area contributed by atoms with Crippen molar-refractivity contribution in [2.24, 2.45) is 0 Å². The van der Waals surface area contributed by atoms with Crippen molar-refractivity contribution in [3.05, 3.63) is 141 Å². The van der Waals surface area contributed by atoms with Crippen LogP contribution in [0.1, 0.15) is 95.2 Å². The Balaban J connectivity index is 0.000000205. The molecule has 0 spiro atoms. The summed E-state index contributed by atoms with van der Waals surface area (Å²) in [6, 6.07) is 31.3. The standard InChI is InChI=1S/C26H28ClN3O4.C18H22Cl2N2O4.C17H23ClN2O3/c1-26(14-17-30(26)25(33)29-16-13-20-6-3-4-7-22(20)29)24(32)28(15-5-8-23(31)34-2)18-19-9-11-21(27)12-10-19;1-18(9-11-22(18)17(20)25)16(24)21(10-3-4-15(23)26-2)12-13-5-7-14(19)8-6-13;1-17(9-10-19-17)16(22)20(11-3-4-15(21)23-2)12-13-5-7-14(18)8-6-13/h3-4,6-7,9-13,16H,5,8,14-15,17-18H2,1-2H3;5-8H,3-4,9-12H2,1-2H3;5-8,19H,3-4,9-12H2,1-2H3. The molecule has 0 radical (unpaired) electrons. The Morgan fingerprint density at radius 3 is 1.23 bits per heavy atom. The van der Waals surface area contributed by atoms with Crippen molar-refractivity contribution in [3.63, 3.8) is 0 Å². The van der Waals surface area contributed by atoms with E-state index in [2.05, 4.69) is 14.8 Å². The number of carbonyl (C=O) groups excluding carboxylic acids is 8. The molecule has 3 atom stereocenters. The van der Waals surface area contributed by atoms with Crippen molar-refractivity contribution in [3.8, 4) is 0 Å². The number of methoxy groups -OCH3 is 3. The Hall–Kier alpha value is -6.70. The molecule has 3 saturated heterocycles. The summed E-state index contributed by atoms with van der Waals surface area (Å²) < 4.78 is 15.6. The Morgan fingerprint density at radius 1 is 0.518 bits per heavy atom. The lowest BCUT2D eigenvalue weighted by atomic mass is 9.85. The average Bonchev–Trinajstić information content (AvgIpc) is 2.55. The predicted octanol–water partition coefficient (Wildman–Crippen LogP) is 10.5. The molecular weight excluding hydrogens is 1150 g/mol. The van der Waals surface area contributed by atoms with E-state index in [1.165, 1.54) is 26.2 Å². The van der Waals surface area contributed by atoms with Gasteiger partial charge in [-0.2, -0.15) is 0 Å². The zero-order valence-electron chi connectivity index (χ0n) is 47.8. The first kappa shape index (κ1) is 65.5. The number of ether oxygens (including phenoxy) is 3. The molecule has 0 bridgehead atoms. The summed E-state index contributed by atoms with van der Waals surface area (Å²) in [5.41, 5.74) is 1.27. The second-order valence-electron chi connectivity index (χ2n) is 21.2. The molecule has 22 heteroatoms. The molecule has 83 heavy (non-hydrogen) atoms. The number of para-hydroxylation sites is 1. The van der Waals surface area contributed by atoms with Gasteiger partial charge in [-0.15, -0.1) is 0 Å². The summed E-state index contributed by atoms with van der Waals surface area (Å²) in [6.45, 7) is 9.78. The molecule has 0 saturated carbocycles. The molecule has 3 fully saturated rings. The number of amides is 5. The van der Waals surface area contributed by atoms with Gasteiger partial charge in [-0.3, -0.25) is 38.1 Å². The normalized spacial score (nSPS) is 18.5. The lowest BCUT2D eigenvalue weighted by Crippen LogP contribution is -2.68. The smallest absolute Gasteiger partial charge is 0.329 e. The number of hydrogen-bond acceptors (Lipinski definition) is 12. The topological polar surface area (TPSA) is 197 Å². The van der Waals surface area contributed by atoms with Crippen LogP contribution in [0, 0.1) is 0 Å². The van der Waals surface area contributed by atoms with Crippen molar-refractivity contribution in [2.45, 2.75) is 115 Å². The van der Waals surface area contributed by atoms with Gasteiger partial charge in [0, 0.05) is 98.3 Å². The van der Waals surface area contributed by atoms with E-state index in [9.17, 15) is 38.4 Å². The zero-order valence-corrected chi connectivity index (χ0v) is 50.8. The van der Waals surface area contributed by atoms with Crippen LogP contribution in [0.3, 0.4) is 0 Å². The maximum absolute atomic E-state index is 13.8. The summed E-state index contributed by atoms with van der Waals surface area (Å²) in [7, 11) is 4.05. The highest BCUT2D eigenvalue weighted by atomic mass is 35.5. The van der Waals surface area contributed by atoms with E-state index < -0.39 is 22.0 Å². The Kier molecular flexibility index (Phi) is 23.8. The summed E-state index contributed by atoms with van der Waals surface area (Å²) in [4.78, 5) is 107. The van der Waals surface area contributed by atoms with Gasteiger partial charge in [0.1, 0.15) is 11.1 Å². The van der Waals surface area contributed by atoms with E-state index >= 15 is 0 Å². The van der Waals surface area contributed by atoms with Gasteiger partial charge in [-0.1, -0.05) is 89.4 Å². The van der Waals surface area contributed by atoms with Gasteiger partial charge < -0.3 is 44.0 Å². The van der Waals surface area contributed by atoms with Crippen LogP contribution in [-0.2, 0) is 62.6 Å². The van der Waals surface area contributed by atoms with Crippen LogP contribution in [0.4, 0.5) is 9.59 Å². The molecule has 8 rings (SSSR count). The molecule has 18 nitrogen and oxygen atoms in total. The van der Waals surface area contributed by atoms with Crippen LogP contribution in [-0.4, -0.2) is 153 Å². The van der Waals surface area contributed by atoms with Gasteiger partial charge in [0.05, 0.1) is 32.4 Å². The number of benzene rings is 4. The molecular formula is C61H73Cl4N7O11. The summed E-state index contributed by atoms with van der Waals surface area (Å²) in [5.74, 6) is -1.14. The van der Waals surface area contributed by atoms with Crippen LogP contribution in [0.5, 0.6) is 0 Å². The van der Waals surface area contributed by atoms with E-state index in [0.717, 1.165) is 40.6 Å². The lowest BCUT2D eigenvalue weighted by molar-refractivity contribution is -0.150. The highest BCUT2D eigenvalue weighted by Gasteiger charge is 2.52. The van der Waals surface area contributed by atoms with Crippen molar-refractivity contribution in [1.29, 1.82) is 0 Å². The molecule has 3 aliphatic rings. The molecule has 5 aromatic rings. The summed E-state index contributed by atoms with van der Waals surface area (Å²) in [6.07, 6.45) is 5.98. The van der Waals surface area contributed by atoms with Crippen LogP contribution >= 0.6 is 46.4 Å². The molecule has 5 amide bonds. The Morgan fingerprint density at radius 2 is 0.892 bits per heavy atom. The number of esters is 3. The summed E-state index contributed by atoms with van der Waals surface area (Å²) >= 11 is 23.4. The van der Waals surface area contributed by atoms with Gasteiger partial charge in [0.15, 0.2) is 0 Å². The minimum absolute atomic E-state index is 0.0727. The number of aromatic nitrogens is 1. The predicted molar refractivity (Wildman–Crippen MR) is 319 cm³/mol. The SMILES string of the molecule is COC(=O)CCCN(Cc1ccc(Cl)cc1)C(=O)C1(C)CCN1.COC(=O)CCCN(Cc1ccc(Cl)cc1)C(=O)C1(C)CCN1C(=O)Cl.COC(=O)CCCN(Cc1ccc(Cl)cc1)C(=O)C1(C)CCN1C(=O)n1ccc2ccccc21. The minimum Gasteiger partial charge on any atom is -0.469 e. The van der Waals surface area contributed by atoms with Crippen molar-refractivity contribution in [1.82, 2.24) is 34.4 Å². The minimum atomic E-state index is -0.958. The molecule has 1 N–H and O–H groups in total. The van der Waals surface area contributed by atoms with E-state index in [0.29, 0.717) is 106 Å². The number of halogens is 4. The molecule has 4 heterocycles. The van der Waals surface area contributed by atoms with E-state index in [4.69, 9.17) is 51.1 Å².